The molecule has 0 aliphatic rings. The molecule has 0 unspecified atom stereocenters. The molecular weight excluding hydrogens is 740 g/mol. The summed E-state index contributed by atoms with van der Waals surface area (Å²) in [5.41, 5.74) is -1.52. The van der Waals surface area contributed by atoms with Crippen LogP contribution in [0.15, 0.2) is 103 Å². The van der Waals surface area contributed by atoms with Gasteiger partial charge in [-0.3, -0.25) is 9.11 Å². The second-order valence-electron chi connectivity index (χ2n) is 9.37. The average Bonchev–Trinajstić information content (AvgIpc) is 2.98. The van der Waals surface area contributed by atoms with E-state index in [0.717, 1.165) is 36.4 Å². The van der Waals surface area contributed by atoms with E-state index in [0.29, 0.717) is 0 Å². The van der Waals surface area contributed by atoms with Gasteiger partial charge in [-0.05, 0) is 83.6 Å². The minimum atomic E-state index is -4.84. The molecule has 2 N–H and O–H groups in total. The number of hydrogen-bond donors (Lipinski definition) is 2. The second kappa shape index (κ2) is 20.6. The topological polar surface area (TPSA) is 285 Å². The number of aryl methyl sites for hydroxylation is 2. The van der Waals surface area contributed by atoms with Crippen molar-refractivity contribution in [3.8, 4) is 11.5 Å². The fourth-order valence-corrected chi connectivity index (χ4v) is 5.63. The molecule has 238 valence electrons. The number of nitrogens with zero attached hydrogens (tertiary/aromatic N) is 4. The quantitative estimate of drug-likeness (QED) is 0.0820. The molecule has 0 spiro atoms. The Hall–Kier alpha value is -1.56. The zero-order valence-electron chi connectivity index (χ0n) is 26.9. The Morgan fingerprint density at radius 3 is 1.08 bits per heavy atom. The van der Waals surface area contributed by atoms with Crippen LogP contribution in [0.2, 0.25) is 0 Å². The molecule has 0 saturated carbocycles. The fraction of sp³-hybridized carbons (Fsp3) is 0.0714. The van der Waals surface area contributed by atoms with E-state index < -0.39 is 64.6 Å². The zero-order chi connectivity index (χ0) is 33.8. The Bertz CT molecular complexity index is 2010. The SMILES string of the molecule is O=C([O-])c1cc(N=Nc2ccc(CCc3ccc(N=Nc4ccc([O-])c(C(=O)[O-])c4)cc3S(=O)(=O)O)c(S(=O)(=O)O)c2)ccc1[O-].[Na+].[Na+].[Na+].[Na+]. The van der Waals surface area contributed by atoms with E-state index in [1.165, 1.54) is 36.4 Å². The molecule has 0 aliphatic heterocycles. The Kier molecular flexibility index (Phi) is 20.0. The number of carbonyl (C=O) groups excluding carboxylic acids is 2. The van der Waals surface area contributed by atoms with Gasteiger partial charge in [0.15, 0.2) is 0 Å². The van der Waals surface area contributed by atoms with Crippen molar-refractivity contribution in [2.75, 3.05) is 0 Å². The van der Waals surface area contributed by atoms with Gasteiger partial charge in [-0.15, -0.1) is 0 Å². The van der Waals surface area contributed by atoms with E-state index in [1.54, 1.807) is 0 Å². The molecule has 0 amide bonds. The van der Waals surface area contributed by atoms with Gasteiger partial charge < -0.3 is 30.0 Å². The number of aromatic carboxylic acids is 2. The van der Waals surface area contributed by atoms with Gasteiger partial charge in [0.2, 0.25) is 0 Å². The maximum atomic E-state index is 12.1. The van der Waals surface area contributed by atoms with Gasteiger partial charge in [-0.2, -0.15) is 37.3 Å². The van der Waals surface area contributed by atoms with Gasteiger partial charge in [0.25, 0.3) is 20.2 Å². The van der Waals surface area contributed by atoms with Crippen LogP contribution in [0.3, 0.4) is 0 Å². The van der Waals surface area contributed by atoms with Crippen molar-refractivity contribution in [3.05, 3.63) is 95.1 Å². The van der Waals surface area contributed by atoms with Gasteiger partial charge >= 0.3 is 118 Å². The zero-order valence-corrected chi connectivity index (χ0v) is 36.6. The predicted molar refractivity (Wildman–Crippen MR) is 149 cm³/mol. The molecule has 0 radical (unpaired) electrons. The summed E-state index contributed by atoms with van der Waals surface area (Å²) >= 11 is 0. The summed E-state index contributed by atoms with van der Waals surface area (Å²) in [6, 6.07) is 13.2. The van der Waals surface area contributed by atoms with E-state index in [2.05, 4.69) is 20.5 Å². The first kappa shape index (κ1) is 48.4. The maximum absolute atomic E-state index is 12.1. The molecule has 4 rings (SSSR count). The van der Waals surface area contributed by atoms with Crippen LogP contribution in [0, 0.1) is 0 Å². The molecule has 4 aromatic rings. The van der Waals surface area contributed by atoms with Crippen LogP contribution >= 0.6 is 0 Å². The Balaban J connectivity index is 0.00000600. The van der Waals surface area contributed by atoms with Crippen molar-refractivity contribution in [2.45, 2.75) is 22.6 Å². The third kappa shape index (κ3) is 13.1. The number of rotatable bonds is 11. The maximum Gasteiger partial charge on any atom is 1.00 e. The summed E-state index contributed by atoms with van der Waals surface area (Å²) in [7, 11) is -9.68. The van der Waals surface area contributed by atoms with Gasteiger partial charge in [0.1, 0.15) is 0 Å². The van der Waals surface area contributed by atoms with E-state index in [4.69, 9.17) is 0 Å². The predicted octanol–water partition coefficient (Wildman–Crippen LogP) is -10.3. The first-order chi connectivity index (χ1) is 21.5. The summed E-state index contributed by atoms with van der Waals surface area (Å²) in [5.74, 6) is -5.07. The van der Waals surface area contributed by atoms with Crippen LogP contribution < -0.4 is 139 Å². The van der Waals surface area contributed by atoms with E-state index in [-0.39, 0.29) is 165 Å². The fourth-order valence-electron chi connectivity index (χ4n) is 4.08. The number of carbonyl (C=O) groups is 2. The Labute approximate surface area is 373 Å². The molecule has 0 aliphatic carbocycles. The third-order valence-corrected chi connectivity index (χ3v) is 8.12. The number of carboxylic acid groups (broad SMARTS) is 2. The van der Waals surface area contributed by atoms with Crippen molar-refractivity contribution < 1.29 is 174 Å². The normalized spacial score (nSPS) is 11.2. The first-order valence-corrected chi connectivity index (χ1v) is 15.5. The van der Waals surface area contributed by atoms with Gasteiger partial charge in [-0.1, -0.05) is 35.8 Å². The Morgan fingerprint density at radius 2 is 0.800 bits per heavy atom. The minimum absolute atomic E-state index is 0. The molecule has 16 nitrogen and oxygen atoms in total. The molecule has 22 heteroatoms. The van der Waals surface area contributed by atoms with E-state index in [1.807, 2.05) is 0 Å². The van der Waals surface area contributed by atoms with Crippen molar-refractivity contribution >= 4 is 54.9 Å². The van der Waals surface area contributed by atoms with Crippen LogP contribution in [0.5, 0.6) is 11.5 Å². The Morgan fingerprint density at radius 1 is 0.520 bits per heavy atom. The number of hydrogen-bond acceptors (Lipinski definition) is 14. The second-order valence-corrected chi connectivity index (χ2v) is 12.1. The van der Waals surface area contributed by atoms with Gasteiger partial charge in [0, 0.05) is 0 Å². The first-order valence-electron chi connectivity index (χ1n) is 12.6. The van der Waals surface area contributed by atoms with Gasteiger partial charge in [0.05, 0.1) is 44.5 Å². The van der Waals surface area contributed by atoms with Gasteiger partial charge in [-0.25, -0.2) is 0 Å². The summed E-state index contributed by atoms with van der Waals surface area (Å²) in [4.78, 5) is 20.9. The molecule has 0 bridgehead atoms. The van der Waals surface area contributed by atoms with Crippen LogP contribution in [0.4, 0.5) is 22.7 Å². The summed E-state index contributed by atoms with van der Waals surface area (Å²) in [6.07, 6.45) is -0.327. The summed E-state index contributed by atoms with van der Waals surface area (Å²) < 4.78 is 68.2. The van der Waals surface area contributed by atoms with Crippen LogP contribution in [-0.4, -0.2) is 37.9 Å². The van der Waals surface area contributed by atoms with Crippen molar-refractivity contribution in [2.24, 2.45) is 20.5 Å². The molecular formula is C28H18N4Na4O12S2. The molecule has 0 saturated heterocycles. The molecule has 0 atom stereocenters. The van der Waals surface area contributed by atoms with Crippen LogP contribution in [-0.2, 0) is 33.1 Å². The number of benzene rings is 4. The van der Waals surface area contributed by atoms with E-state index in [9.17, 15) is 56.0 Å². The molecule has 0 fully saturated rings. The minimum Gasteiger partial charge on any atom is -0.872 e. The number of azo groups is 2. The largest absolute Gasteiger partial charge is 1.00 e. The standard InChI is InChI=1S/C28H22N4O12S2.4Na/c33-23-9-7-17(11-21(23)27(35)36)29-31-19-5-3-15(25(13-19)45(39,40)41)1-2-16-4-6-20(14-26(16)46(42,43)44)32-30-18-8-10-24(34)22(12-18)28(37)38;;;;/h3-14,33-34H,1-2H2,(H,35,36)(H,37,38)(H,39,40,41)(H,42,43,44);;;;/q;4*+1/p-4. The summed E-state index contributed by atoms with van der Waals surface area (Å²) in [5, 5.41) is 60.4. The van der Waals surface area contributed by atoms with Crippen molar-refractivity contribution in [1.82, 2.24) is 0 Å². The molecule has 0 aromatic heterocycles. The molecule has 4 aromatic carbocycles. The van der Waals surface area contributed by atoms with Crippen LogP contribution in [0.1, 0.15) is 31.8 Å². The van der Waals surface area contributed by atoms with Crippen LogP contribution in [0.25, 0.3) is 0 Å². The van der Waals surface area contributed by atoms with Crippen molar-refractivity contribution in [1.29, 1.82) is 0 Å². The summed E-state index contributed by atoms with van der Waals surface area (Å²) in [6.45, 7) is 0. The third-order valence-electron chi connectivity index (χ3n) is 6.25. The van der Waals surface area contributed by atoms with E-state index >= 15 is 0 Å². The average molecular weight is 759 g/mol. The molecule has 50 heavy (non-hydrogen) atoms. The van der Waals surface area contributed by atoms with Crippen molar-refractivity contribution in [3.63, 3.8) is 0 Å². The molecule has 0 heterocycles. The monoisotopic (exact) mass is 758 g/mol. The number of carboxylic acids is 2. The smallest absolute Gasteiger partial charge is 0.872 e.